The minimum absolute atomic E-state index is 0.0371. The summed E-state index contributed by atoms with van der Waals surface area (Å²) in [6.45, 7) is 4.14. The number of ether oxygens (including phenoxy) is 1. The van der Waals surface area contributed by atoms with E-state index in [0.717, 1.165) is 43.4 Å². The zero-order chi connectivity index (χ0) is 19.1. The van der Waals surface area contributed by atoms with Crippen LogP contribution in [0.4, 0.5) is 0 Å². The normalized spacial score (nSPS) is 12.6. The zero-order valence-electron chi connectivity index (χ0n) is 15.8. The molecule has 1 atom stereocenters. The van der Waals surface area contributed by atoms with E-state index in [4.69, 9.17) is 4.74 Å². The molecule has 5 heteroatoms. The van der Waals surface area contributed by atoms with Gasteiger partial charge in [0.2, 0.25) is 0 Å². The van der Waals surface area contributed by atoms with Crippen LogP contribution in [0.2, 0.25) is 0 Å². The molecular formula is C22H22N2O2S. The van der Waals surface area contributed by atoms with Gasteiger partial charge in [0.05, 0.1) is 12.6 Å². The number of hydrogen-bond acceptors (Lipinski definition) is 4. The van der Waals surface area contributed by atoms with Gasteiger partial charge in [0.1, 0.15) is 10.4 Å². The molecule has 0 fully saturated rings. The Morgan fingerprint density at radius 3 is 2.59 bits per heavy atom. The van der Waals surface area contributed by atoms with Crippen molar-refractivity contribution >= 4 is 32.3 Å². The molecule has 2 N–H and O–H groups in total. The number of aromatic nitrogens is 1. The van der Waals surface area contributed by atoms with Crippen LogP contribution in [0, 0.1) is 6.92 Å². The minimum atomic E-state index is -0.0371. The lowest BCUT2D eigenvalue weighted by molar-refractivity contribution is 0.416. The van der Waals surface area contributed by atoms with Crippen molar-refractivity contribution in [1.29, 1.82) is 0 Å². The average molecular weight is 378 g/mol. The molecule has 4 aromatic rings. The molecule has 1 unspecified atom stereocenters. The second kappa shape index (κ2) is 6.83. The SMILES string of the molecule is CNC(C)c1ccc(-c2c(OC)cc(C)c3[nH]c(=O)c4sccc4c23)cc1. The van der Waals surface area contributed by atoms with Crippen LogP contribution in [0.15, 0.2) is 46.6 Å². The molecule has 0 spiro atoms. The summed E-state index contributed by atoms with van der Waals surface area (Å²) >= 11 is 1.47. The predicted molar refractivity (Wildman–Crippen MR) is 114 cm³/mol. The third-order valence-electron chi connectivity index (χ3n) is 5.22. The lowest BCUT2D eigenvalue weighted by atomic mass is 9.94. The highest BCUT2D eigenvalue weighted by molar-refractivity contribution is 7.17. The van der Waals surface area contributed by atoms with Crippen LogP contribution in [-0.4, -0.2) is 19.1 Å². The molecule has 0 aliphatic carbocycles. The molecular weight excluding hydrogens is 356 g/mol. The van der Waals surface area contributed by atoms with Gasteiger partial charge in [-0.2, -0.15) is 0 Å². The van der Waals surface area contributed by atoms with Gasteiger partial charge in [-0.05, 0) is 55.1 Å². The van der Waals surface area contributed by atoms with E-state index in [1.54, 1.807) is 7.11 Å². The van der Waals surface area contributed by atoms with Crippen molar-refractivity contribution in [2.24, 2.45) is 0 Å². The number of H-pyrrole nitrogens is 1. The molecule has 27 heavy (non-hydrogen) atoms. The summed E-state index contributed by atoms with van der Waals surface area (Å²) in [6.07, 6.45) is 0. The van der Waals surface area contributed by atoms with Crippen LogP contribution in [0.25, 0.3) is 32.1 Å². The minimum Gasteiger partial charge on any atom is -0.496 e. The summed E-state index contributed by atoms with van der Waals surface area (Å²) < 4.78 is 6.49. The van der Waals surface area contributed by atoms with Crippen molar-refractivity contribution in [3.8, 4) is 16.9 Å². The molecule has 4 rings (SSSR count). The lowest BCUT2D eigenvalue weighted by Gasteiger charge is -2.17. The number of rotatable bonds is 4. The van der Waals surface area contributed by atoms with Crippen LogP contribution < -0.4 is 15.6 Å². The molecule has 0 bridgehead atoms. The first-order valence-electron chi connectivity index (χ1n) is 8.93. The van der Waals surface area contributed by atoms with Crippen molar-refractivity contribution in [2.75, 3.05) is 14.2 Å². The Bertz CT molecular complexity index is 1190. The first-order chi connectivity index (χ1) is 13.0. The Kier molecular flexibility index (Phi) is 4.50. The maximum Gasteiger partial charge on any atom is 0.266 e. The van der Waals surface area contributed by atoms with Crippen LogP contribution in [0.3, 0.4) is 0 Å². The second-order valence-corrected chi connectivity index (χ2v) is 7.69. The molecule has 0 amide bonds. The van der Waals surface area contributed by atoms with Gasteiger partial charge in [0.25, 0.3) is 5.56 Å². The van der Waals surface area contributed by atoms with E-state index in [2.05, 4.69) is 41.5 Å². The van der Waals surface area contributed by atoms with Crippen LogP contribution in [0.5, 0.6) is 5.75 Å². The van der Waals surface area contributed by atoms with Gasteiger partial charge in [0.15, 0.2) is 0 Å². The molecule has 0 aliphatic heterocycles. The molecule has 0 radical (unpaired) electrons. The number of aryl methyl sites for hydroxylation is 1. The first-order valence-corrected chi connectivity index (χ1v) is 9.81. The Morgan fingerprint density at radius 1 is 1.19 bits per heavy atom. The fourth-order valence-electron chi connectivity index (χ4n) is 3.62. The molecule has 2 heterocycles. The maximum absolute atomic E-state index is 12.5. The largest absolute Gasteiger partial charge is 0.496 e. The van der Waals surface area contributed by atoms with Gasteiger partial charge in [-0.1, -0.05) is 24.3 Å². The summed E-state index contributed by atoms with van der Waals surface area (Å²) in [5, 5.41) is 7.25. The Morgan fingerprint density at radius 2 is 1.93 bits per heavy atom. The van der Waals surface area contributed by atoms with Crippen molar-refractivity contribution in [3.05, 3.63) is 63.3 Å². The number of aromatic amines is 1. The third kappa shape index (κ3) is 2.83. The number of hydrogen-bond donors (Lipinski definition) is 2. The number of benzene rings is 2. The van der Waals surface area contributed by atoms with E-state index in [1.807, 2.05) is 31.5 Å². The third-order valence-corrected chi connectivity index (χ3v) is 6.13. The van der Waals surface area contributed by atoms with E-state index in [1.165, 1.54) is 16.9 Å². The number of methoxy groups -OCH3 is 1. The molecule has 2 aromatic heterocycles. The van der Waals surface area contributed by atoms with Crippen molar-refractivity contribution < 1.29 is 4.74 Å². The molecule has 0 aliphatic rings. The predicted octanol–water partition coefficient (Wildman–Crippen LogP) is 5.01. The number of fused-ring (bicyclic) bond motifs is 3. The quantitative estimate of drug-likeness (QED) is 0.525. The zero-order valence-corrected chi connectivity index (χ0v) is 16.7. The first kappa shape index (κ1) is 17.8. The number of nitrogens with one attached hydrogen (secondary N) is 2. The average Bonchev–Trinajstić information content (AvgIpc) is 3.18. The van der Waals surface area contributed by atoms with Gasteiger partial charge >= 0.3 is 0 Å². The van der Waals surface area contributed by atoms with E-state index < -0.39 is 0 Å². The molecule has 0 saturated heterocycles. The smallest absolute Gasteiger partial charge is 0.266 e. The summed E-state index contributed by atoms with van der Waals surface area (Å²) in [4.78, 5) is 15.6. The molecule has 0 saturated carbocycles. The summed E-state index contributed by atoms with van der Waals surface area (Å²) in [5.74, 6) is 0.814. The number of thiophene rings is 1. The Balaban J connectivity index is 2.08. The Labute approximate surface area is 161 Å². The Hall–Kier alpha value is -2.63. The van der Waals surface area contributed by atoms with Crippen LogP contribution >= 0.6 is 11.3 Å². The molecule has 138 valence electrons. The maximum atomic E-state index is 12.5. The van der Waals surface area contributed by atoms with Crippen molar-refractivity contribution in [2.45, 2.75) is 19.9 Å². The van der Waals surface area contributed by atoms with E-state index in [-0.39, 0.29) is 11.6 Å². The highest BCUT2D eigenvalue weighted by atomic mass is 32.1. The van der Waals surface area contributed by atoms with Gasteiger partial charge < -0.3 is 15.0 Å². The van der Waals surface area contributed by atoms with E-state index >= 15 is 0 Å². The van der Waals surface area contributed by atoms with Gasteiger partial charge in [-0.25, -0.2) is 0 Å². The van der Waals surface area contributed by atoms with Gasteiger partial charge in [0, 0.05) is 22.4 Å². The topological polar surface area (TPSA) is 54.1 Å². The summed E-state index contributed by atoms with van der Waals surface area (Å²) in [7, 11) is 3.65. The fraction of sp³-hybridized carbons (Fsp3) is 0.227. The lowest BCUT2D eigenvalue weighted by Crippen LogP contribution is -2.11. The van der Waals surface area contributed by atoms with E-state index in [0.29, 0.717) is 0 Å². The second-order valence-electron chi connectivity index (χ2n) is 6.77. The summed E-state index contributed by atoms with van der Waals surface area (Å²) in [6, 6.07) is 12.8. The van der Waals surface area contributed by atoms with Gasteiger partial charge in [-0.15, -0.1) is 11.3 Å². The van der Waals surface area contributed by atoms with Crippen LogP contribution in [0.1, 0.15) is 24.1 Å². The molecule has 4 nitrogen and oxygen atoms in total. The standard InChI is InChI=1S/C22H22N2O2S/c1-12-11-17(26-4)18(15-7-5-14(6-8-15)13(2)23-3)19-16-9-10-27-21(16)22(25)24-20(12)19/h5-11,13,23H,1-4H3,(H,24,25). The van der Waals surface area contributed by atoms with Crippen molar-refractivity contribution in [1.82, 2.24) is 10.3 Å². The highest BCUT2D eigenvalue weighted by Gasteiger charge is 2.18. The highest BCUT2D eigenvalue weighted by Crippen LogP contribution is 2.41. The van der Waals surface area contributed by atoms with Crippen molar-refractivity contribution in [3.63, 3.8) is 0 Å². The summed E-state index contributed by atoms with van der Waals surface area (Å²) in [5.41, 5.74) is 5.14. The van der Waals surface area contributed by atoms with Crippen LogP contribution in [-0.2, 0) is 0 Å². The monoisotopic (exact) mass is 378 g/mol. The van der Waals surface area contributed by atoms with E-state index in [9.17, 15) is 4.79 Å². The molecule has 2 aromatic carbocycles. The fourth-order valence-corrected chi connectivity index (χ4v) is 4.42. The van der Waals surface area contributed by atoms with Gasteiger partial charge in [-0.3, -0.25) is 4.79 Å². The number of pyridine rings is 1.